The Kier molecular flexibility index (Phi) is 59.1. The molecule has 0 saturated carbocycles. The molecule has 486 valence electrons. The molecule has 0 aromatic rings. The van der Waals surface area contributed by atoms with E-state index >= 15 is 0 Å². The number of carbonyl (C=O) groups is 1. The second-order valence-electron chi connectivity index (χ2n) is 23.6. The predicted octanol–water partition coefficient (Wildman–Crippen LogP) is 19.2. The molecule has 7 atom stereocenters. The van der Waals surface area contributed by atoms with Gasteiger partial charge in [0.05, 0.1) is 25.4 Å². The number of aliphatic hydroxyl groups is 5. The number of carbonyl (C=O) groups excluding carboxylic acids is 1. The van der Waals surface area contributed by atoms with Crippen LogP contribution in [0.25, 0.3) is 0 Å². The van der Waals surface area contributed by atoms with Crippen LogP contribution in [0.15, 0.2) is 134 Å². The quantitative estimate of drug-likeness (QED) is 0.0261. The highest BCUT2D eigenvalue weighted by atomic mass is 16.7. The number of hydrogen-bond acceptors (Lipinski definition) is 8. The zero-order valence-corrected chi connectivity index (χ0v) is 54.3. The van der Waals surface area contributed by atoms with Gasteiger partial charge < -0.3 is 40.3 Å². The minimum absolute atomic E-state index is 0.209. The third kappa shape index (κ3) is 52.0. The lowest BCUT2D eigenvalue weighted by atomic mass is 9.99. The fourth-order valence-corrected chi connectivity index (χ4v) is 10.3. The Morgan fingerprint density at radius 1 is 0.412 bits per heavy atom. The van der Waals surface area contributed by atoms with E-state index < -0.39 is 49.5 Å². The minimum atomic E-state index is -1.59. The van der Waals surface area contributed by atoms with E-state index in [9.17, 15) is 30.3 Å². The molecule has 85 heavy (non-hydrogen) atoms. The minimum Gasteiger partial charge on any atom is -0.394 e. The molecule has 0 aliphatic carbocycles. The van der Waals surface area contributed by atoms with Crippen LogP contribution >= 0.6 is 0 Å². The van der Waals surface area contributed by atoms with Crippen molar-refractivity contribution in [1.29, 1.82) is 0 Å². The summed E-state index contributed by atoms with van der Waals surface area (Å²) in [5, 5.41) is 54.7. The first-order valence-corrected chi connectivity index (χ1v) is 34.9. The van der Waals surface area contributed by atoms with Crippen LogP contribution in [-0.2, 0) is 14.3 Å². The summed E-state index contributed by atoms with van der Waals surface area (Å²) in [5.41, 5.74) is 0. The summed E-state index contributed by atoms with van der Waals surface area (Å²) >= 11 is 0. The molecule has 0 spiro atoms. The van der Waals surface area contributed by atoms with Crippen molar-refractivity contribution in [2.45, 2.75) is 326 Å². The molecule has 9 nitrogen and oxygen atoms in total. The second-order valence-corrected chi connectivity index (χ2v) is 23.6. The fraction of sp³-hybridized carbons (Fsp3) is 0.697. The van der Waals surface area contributed by atoms with E-state index in [1.807, 2.05) is 6.08 Å². The summed E-state index contributed by atoms with van der Waals surface area (Å²) in [6.07, 6.45) is 89.8. The maximum absolute atomic E-state index is 13.1. The van der Waals surface area contributed by atoms with Crippen LogP contribution in [0, 0.1) is 0 Å². The molecule has 1 rings (SSSR count). The van der Waals surface area contributed by atoms with Gasteiger partial charge in [0, 0.05) is 6.42 Å². The smallest absolute Gasteiger partial charge is 0.220 e. The molecular formula is C76H129NO8. The normalized spacial score (nSPS) is 19.0. The molecule has 1 saturated heterocycles. The fourth-order valence-electron chi connectivity index (χ4n) is 10.3. The molecule has 1 aliphatic rings. The maximum Gasteiger partial charge on any atom is 0.220 e. The Hall–Kier alpha value is -3.67. The molecule has 1 fully saturated rings. The van der Waals surface area contributed by atoms with Crippen molar-refractivity contribution in [3.8, 4) is 0 Å². The number of rotatable bonds is 59. The van der Waals surface area contributed by atoms with Crippen LogP contribution < -0.4 is 5.32 Å². The molecule has 1 aliphatic heterocycles. The van der Waals surface area contributed by atoms with Crippen molar-refractivity contribution < 1.29 is 39.8 Å². The number of aliphatic hydroxyl groups excluding tert-OH is 5. The van der Waals surface area contributed by atoms with Crippen molar-refractivity contribution in [2.75, 3.05) is 13.2 Å². The van der Waals surface area contributed by atoms with Gasteiger partial charge in [-0.15, -0.1) is 0 Å². The van der Waals surface area contributed by atoms with Gasteiger partial charge in [-0.25, -0.2) is 0 Å². The number of ether oxygens (including phenoxy) is 2. The lowest BCUT2D eigenvalue weighted by molar-refractivity contribution is -0.302. The Morgan fingerprint density at radius 2 is 0.741 bits per heavy atom. The maximum atomic E-state index is 13.1. The van der Waals surface area contributed by atoms with Crippen molar-refractivity contribution in [2.24, 2.45) is 0 Å². The molecule has 0 bridgehead atoms. The van der Waals surface area contributed by atoms with Crippen molar-refractivity contribution >= 4 is 5.91 Å². The van der Waals surface area contributed by atoms with E-state index in [1.165, 1.54) is 148 Å². The van der Waals surface area contributed by atoms with Gasteiger partial charge in [-0.3, -0.25) is 4.79 Å². The van der Waals surface area contributed by atoms with Gasteiger partial charge in [-0.1, -0.05) is 308 Å². The van der Waals surface area contributed by atoms with Crippen LogP contribution in [0.1, 0.15) is 284 Å². The Labute approximate surface area is 521 Å². The lowest BCUT2D eigenvalue weighted by Crippen LogP contribution is -2.60. The SMILES string of the molecule is CC/C=C\C/C=C\C/C=C\C/C=C\C/C=C\C/C=C\C/C=C\C/C=C\C/C=C\CCCCCCCC(=O)NC(COC1OC(CO)C(O)C(O)C1O)C(O)/C=C/CC/C=C/CCCCCCCCCCCCCCCCCCCCCCCCC. The first kappa shape index (κ1) is 79.3. The van der Waals surface area contributed by atoms with Crippen molar-refractivity contribution in [1.82, 2.24) is 5.32 Å². The van der Waals surface area contributed by atoms with E-state index in [-0.39, 0.29) is 12.5 Å². The van der Waals surface area contributed by atoms with E-state index in [1.54, 1.807) is 6.08 Å². The van der Waals surface area contributed by atoms with Gasteiger partial charge in [0.25, 0.3) is 0 Å². The highest BCUT2D eigenvalue weighted by Gasteiger charge is 2.44. The molecule has 0 radical (unpaired) electrons. The zero-order chi connectivity index (χ0) is 61.4. The summed E-state index contributed by atoms with van der Waals surface area (Å²) in [6.45, 7) is 3.66. The van der Waals surface area contributed by atoms with Crippen LogP contribution in [0.5, 0.6) is 0 Å². The number of allylic oxidation sites excluding steroid dienone is 21. The Bertz CT molecular complexity index is 1800. The highest BCUT2D eigenvalue weighted by Crippen LogP contribution is 2.23. The largest absolute Gasteiger partial charge is 0.394 e. The molecule has 7 unspecified atom stereocenters. The monoisotopic (exact) mass is 1180 g/mol. The molecule has 1 amide bonds. The lowest BCUT2D eigenvalue weighted by Gasteiger charge is -2.40. The van der Waals surface area contributed by atoms with Gasteiger partial charge in [-0.05, 0) is 103 Å². The summed E-state index contributed by atoms with van der Waals surface area (Å²) in [4.78, 5) is 13.1. The standard InChI is InChI=1S/C76H129NO8/c1-3-5-7-9-11-13-15-17-19-21-23-25-27-29-31-33-34-35-36-38-40-42-44-46-48-50-52-54-56-58-60-62-64-66-72(80)77-69(68-84-76-75(83)74(82)73(81)71(67-78)85-76)70(79)65-63-61-59-57-55-53-51-49-47-45-43-41-39-37-32-30-28-26-24-22-20-18-16-14-12-10-8-6-4-2/h5,7,11,13,17,19,23,25,29,31,34-35,38,40,44,46,50,52,55,57,63,65,69-71,73-76,78-79,81-83H,3-4,6,8-10,12,14-16,18,20-22,24,26-28,30,32-33,36-37,39,41-43,45,47-49,51,53-54,56,58-62,64,66-68H2,1-2H3,(H,77,80)/b7-5-,13-11-,19-17-,25-23-,31-29-,35-34-,40-38-,46-44-,52-50-,57-55+,65-63+. The topological polar surface area (TPSA) is 149 Å². The third-order valence-corrected chi connectivity index (χ3v) is 15.7. The molecule has 0 aromatic heterocycles. The Morgan fingerprint density at radius 3 is 1.13 bits per heavy atom. The van der Waals surface area contributed by atoms with E-state index in [0.29, 0.717) is 6.42 Å². The molecule has 6 N–H and O–H groups in total. The highest BCUT2D eigenvalue weighted by molar-refractivity contribution is 5.76. The van der Waals surface area contributed by atoms with Crippen molar-refractivity contribution in [3.05, 3.63) is 134 Å². The van der Waals surface area contributed by atoms with Gasteiger partial charge in [0.15, 0.2) is 6.29 Å². The van der Waals surface area contributed by atoms with Crippen LogP contribution in [0.2, 0.25) is 0 Å². The van der Waals surface area contributed by atoms with Crippen LogP contribution in [0.4, 0.5) is 0 Å². The summed E-state index contributed by atoms with van der Waals surface area (Å²) < 4.78 is 11.3. The molecule has 1 heterocycles. The molecule has 0 aromatic carbocycles. The van der Waals surface area contributed by atoms with Gasteiger partial charge in [0.2, 0.25) is 5.91 Å². The average Bonchev–Trinajstić information content (AvgIpc) is 3.68. The predicted molar refractivity (Wildman–Crippen MR) is 363 cm³/mol. The van der Waals surface area contributed by atoms with E-state index in [4.69, 9.17) is 9.47 Å². The summed E-state index contributed by atoms with van der Waals surface area (Å²) in [5.74, 6) is -0.209. The summed E-state index contributed by atoms with van der Waals surface area (Å²) in [6, 6.07) is -0.845. The van der Waals surface area contributed by atoms with Crippen LogP contribution in [0.3, 0.4) is 0 Å². The second kappa shape index (κ2) is 63.4. The third-order valence-electron chi connectivity index (χ3n) is 15.7. The number of unbranched alkanes of at least 4 members (excludes halogenated alkanes) is 29. The number of hydrogen-bond donors (Lipinski definition) is 6. The first-order valence-electron chi connectivity index (χ1n) is 34.9. The summed E-state index contributed by atoms with van der Waals surface area (Å²) in [7, 11) is 0. The van der Waals surface area contributed by atoms with E-state index in [2.05, 4.69) is 141 Å². The van der Waals surface area contributed by atoms with Gasteiger partial charge in [-0.2, -0.15) is 0 Å². The van der Waals surface area contributed by atoms with Gasteiger partial charge >= 0.3 is 0 Å². The van der Waals surface area contributed by atoms with E-state index in [0.717, 1.165) is 116 Å². The van der Waals surface area contributed by atoms with Gasteiger partial charge in [0.1, 0.15) is 24.4 Å². The van der Waals surface area contributed by atoms with Crippen molar-refractivity contribution in [3.63, 3.8) is 0 Å². The van der Waals surface area contributed by atoms with Crippen LogP contribution in [-0.4, -0.2) is 87.5 Å². The first-order chi connectivity index (χ1) is 41.8. The molecular weight excluding hydrogens is 1050 g/mol. The average molecular weight is 1180 g/mol. The Balaban J connectivity index is 2.21. The molecule has 9 heteroatoms. The number of nitrogens with one attached hydrogen (secondary N) is 1. The zero-order valence-electron chi connectivity index (χ0n) is 54.3. The number of amides is 1.